The highest BCUT2D eigenvalue weighted by atomic mass is 19.2. The number of methoxy groups -OCH3 is 1. The number of ether oxygens (including phenoxy) is 1. The van der Waals surface area contributed by atoms with Crippen molar-refractivity contribution in [2.24, 2.45) is 5.84 Å². The van der Waals surface area contributed by atoms with Crippen LogP contribution in [0.15, 0.2) is 36.7 Å². The van der Waals surface area contributed by atoms with Crippen molar-refractivity contribution < 1.29 is 13.5 Å². The highest BCUT2D eigenvalue weighted by Gasteiger charge is 2.13. The minimum atomic E-state index is -0.873. The number of rotatable bonds is 5. The molecular formula is C14H15F2N3O. The highest BCUT2D eigenvalue weighted by Crippen LogP contribution is 2.21. The third-order valence-electron chi connectivity index (χ3n) is 3.00. The van der Waals surface area contributed by atoms with Crippen LogP contribution in [0, 0.1) is 11.6 Å². The number of pyridine rings is 1. The van der Waals surface area contributed by atoms with Gasteiger partial charge in [0.15, 0.2) is 11.6 Å². The average Bonchev–Trinajstić information content (AvgIpc) is 2.48. The zero-order chi connectivity index (χ0) is 14.5. The average molecular weight is 279 g/mol. The first-order chi connectivity index (χ1) is 9.63. The summed E-state index contributed by atoms with van der Waals surface area (Å²) >= 11 is 0. The Morgan fingerprint density at radius 3 is 2.70 bits per heavy atom. The molecule has 1 aromatic heterocycles. The zero-order valence-electron chi connectivity index (χ0n) is 10.9. The summed E-state index contributed by atoms with van der Waals surface area (Å²) in [5.74, 6) is 4.39. The van der Waals surface area contributed by atoms with Gasteiger partial charge in [-0.3, -0.25) is 16.3 Å². The fourth-order valence-electron chi connectivity index (χ4n) is 1.91. The minimum absolute atomic E-state index is 0.275. The van der Waals surface area contributed by atoms with Crippen LogP contribution in [0.25, 0.3) is 0 Å². The van der Waals surface area contributed by atoms with Gasteiger partial charge < -0.3 is 4.74 Å². The molecule has 2 aromatic rings. The van der Waals surface area contributed by atoms with Crippen molar-refractivity contribution in [2.45, 2.75) is 12.5 Å². The largest absolute Gasteiger partial charge is 0.495 e. The number of hydrogen-bond donors (Lipinski definition) is 2. The molecule has 3 N–H and O–H groups in total. The fourth-order valence-corrected chi connectivity index (χ4v) is 1.91. The Hall–Kier alpha value is -2.05. The molecule has 1 unspecified atom stereocenters. The summed E-state index contributed by atoms with van der Waals surface area (Å²) in [6.07, 6.45) is 3.63. The Labute approximate surface area is 115 Å². The predicted octanol–water partition coefficient (Wildman–Crippen LogP) is 2.12. The van der Waals surface area contributed by atoms with Crippen molar-refractivity contribution >= 4 is 0 Å². The van der Waals surface area contributed by atoms with E-state index < -0.39 is 11.6 Å². The second-order valence-electron chi connectivity index (χ2n) is 4.33. The van der Waals surface area contributed by atoms with Gasteiger partial charge in [-0.2, -0.15) is 0 Å². The molecule has 0 spiro atoms. The van der Waals surface area contributed by atoms with Gasteiger partial charge in [-0.05, 0) is 35.7 Å². The molecule has 2 rings (SSSR count). The van der Waals surface area contributed by atoms with Crippen LogP contribution in [0.4, 0.5) is 8.78 Å². The van der Waals surface area contributed by atoms with Crippen LogP contribution < -0.4 is 16.0 Å². The van der Waals surface area contributed by atoms with E-state index >= 15 is 0 Å². The quantitative estimate of drug-likeness (QED) is 0.650. The van der Waals surface area contributed by atoms with E-state index in [9.17, 15) is 8.78 Å². The molecule has 0 saturated heterocycles. The smallest absolute Gasteiger partial charge is 0.159 e. The van der Waals surface area contributed by atoms with Gasteiger partial charge in [-0.1, -0.05) is 6.07 Å². The summed E-state index contributed by atoms with van der Waals surface area (Å²) in [7, 11) is 1.54. The summed E-state index contributed by atoms with van der Waals surface area (Å²) in [5.41, 5.74) is 4.08. The number of nitrogens with zero attached hydrogens (tertiary/aromatic N) is 1. The number of nitrogens with two attached hydrogens (primary N) is 1. The van der Waals surface area contributed by atoms with Crippen molar-refractivity contribution in [3.63, 3.8) is 0 Å². The van der Waals surface area contributed by atoms with Crippen LogP contribution in [-0.2, 0) is 6.42 Å². The molecule has 1 heterocycles. The molecule has 1 aromatic carbocycles. The molecule has 1 atom stereocenters. The number of halogens is 2. The van der Waals surface area contributed by atoms with E-state index in [-0.39, 0.29) is 6.04 Å². The first-order valence-corrected chi connectivity index (χ1v) is 6.03. The van der Waals surface area contributed by atoms with E-state index in [4.69, 9.17) is 10.6 Å². The summed E-state index contributed by atoms with van der Waals surface area (Å²) in [5, 5.41) is 0. The van der Waals surface area contributed by atoms with E-state index in [0.29, 0.717) is 17.7 Å². The van der Waals surface area contributed by atoms with Gasteiger partial charge in [0.1, 0.15) is 5.75 Å². The monoisotopic (exact) mass is 279 g/mol. The maximum Gasteiger partial charge on any atom is 0.159 e. The van der Waals surface area contributed by atoms with E-state index in [1.165, 1.54) is 6.07 Å². The van der Waals surface area contributed by atoms with Gasteiger partial charge in [0, 0.05) is 6.20 Å². The Balaban J connectivity index is 2.21. The maximum atomic E-state index is 13.2. The van der Waals surface area contributed by atoms with Gasteiger partial charge in [0.2, 0.25) is 0 Å². The number of hydrazine groups is 1. The fraction of sp³-hybridized carbons (Fsp3) is 0.214. The Bertz CT molecular complexity index is 592. The van der Waals surface area contributed by atoms with Gasteiger partial charge in [-0.25, -0.2) is 8.78 Å². The van der Waals surface area contributed by atoms with Crippen molar-refractivity contribution in [1.82, 2.24) is 10.4 Å². The van der Waals surface area contributed by atoms with Crippen molar-refractivity contribution in [1.29, 1.82) is 0 Å². The molecule has 106 valence electrons. The van der Waals surface area contributed by atoms with Crippen LogP contribution in [0.5, 0.6) is 5.75 Å². The van der Waals surface area contributed by atoms with Gasteiger partial charge in [0.05, 0.1) is 19.3 Å². The van der Waals surface area contributed by atoms with Gasteiger partial charge in [0.25, 0.3) is 0 Å². The van der Waals surface area contributed by atoms with Crippen LogP contribution in [0.1, 0.15) is 17.2 Å². The molecule has 0 aliphatic carbocycles. The van der Waals surface area contributed by atoms with Crippen LogP contribution >= 0.6 is 0 Å². The second kappa shape index (κ2) is 6.40. The number of aromatic nitrogens is 1. The van der Waals surface area contributed by atoms with Crippen molar-refractivity contribution in [3.8, 4) is 5.75 Å². The minimum Gasteiger partial charge on any atom is -0.495 e. The number of nitrogens with one attached hydrogen (secondary N) is 1. The lowest BCUT2D eigenvalue weighted by Crippen LogP contribution is -2.29. The molecule has 0 aliphatic rings. The summed E-state index contributed by atoms with van der Waals surface area (Å²) in [6.45, 7) is 0. The zero-order valence-corrected chi connectivity index (χ0v) is 10.9. The molecule has 0 radical (unpaired) electrons. The van der Waals surface area contributed by atoms with Crippen LogP contribution in [0.3, 0.4) is 0 Å². The summed E-state index contributed by atoms with van der Waals surface area (Å²) < 4.78 is 31.2. The predicted molar refractivity (Wildman–Crippen MR) is 70.9 cm³/mol. The lowest BCUT2D eigenvalue weighted by molar-refractivity contribution is 0.410. The lowest BCUT2D eigenvalue weighted by atomic mass is 10.0. The van der Waals surface area contributed by atoms with Crippen molar-refractivity contribution in [3.05, 3.63) is 59.4 Å². The number of hydrogen-bond acceptors (Lipinski definition) is 4. The van der Waals surface area contributed by atoms with E-state index in [0.717, 1.165) is 17.7 Å². The highest BCUT2D eigenvalue weighted by molar-refractivity contribution is 5.28. The van der Waals surface area contributed by atoms with Crippen LogP contribution in [-0.4, -0.2) is 12.1 Å². The number of benzene rings is 1. The van der Waals surface area contributed by atoms with Crippen molar-refractivity contribution in [2.75, 3.05) is 7.11 Å². The van der Waals surface area contributed by atoms with E-state index in [2.05, 4.69) is 10.4 Å². The third kappa shape index (κ3) is 3.28. The summed E-state index contributed by atoms with van der Waals surface area (Å²) in [6, 6.07) is 5.30. The maximum absolute atomic E-state index is 13.2. The molecule has 20 heavy (non-hydrogen) atoms. The normalized spacial score (nSPS) is 12.2. The topological polar surface area (TPSA) is 60.2 Å². The molecule has 0 amide bonds. The molecule has 4 nitrogen and oxygen atoms in total. The Kier molecular flexibility index (Phi) is 4.60. The first kappa shape index (κ1) is 14.4. The first-order valence-electron chi connectivity index (χ1n) is 6.03. The van der Waals surface area contributed by atoms with E-state index in [1.807, 2.05) is 0 Å². The summed E-state index contributed by atoms with van der Waals surface area (Å²) in [4.78, 5) is 4.04. The van der Waals surface area contributed by atoms with Crippen LogP contribution in [0.2, 0.25) is 0 Å². The van der Waals surface area contributed by atoms with Gasteiger partial charge in [-0.15, -0.1) is 0 Å². The standard InChI is InChI=1S/C14H15F2N3O/c1-20-11-6-10(7-18-8-11)14(19-17)5-9-2-3-12(15)13(16)4-9/h2-4,6-8,14,19H,5,17H2,1H3. The molecule has 0 fully saturated rings. The molecule has 0 bridgehead atoms. The second-order valence-corrected chi connectivity index (χ2v) is 4.33. The van der Waals surface area contributed by atoms with E-state index in [1.54, 1.807) is 25.6 Å². The van der Waals surface area contributed by atoms with Gasteiger partial charge >= 0.3 is 0 Å². The molecule has 0 saturated carbocycles. The SMILES string of the molecule is COc1cncc(C(Cc2ccc(F)c(F)c2)NN)c1. The Morgan fingerprint density at radius 1 is 1.25 bits per heavy atom. The molecular weight excluding hydrogens is 264 g/mol. The lowest BCUT2D eigenvalue weighted by Gasteiger charge is -2.16. The molecule has 6 heteroatoms. The Morgan fingerprint density at radius 2 is 2.05 bits per heavy atom. The third-order valence-corrected chi connectivity index (χ3v) is 3.00. The molecule has 0 aliphatic heterocycles.